The van der Waals surface area contributed by atoms with E-state index in [1.54, 1.807) is 0 Å². The molecule has 0 aromatic carbocycles. The predicted octanol–water partition coefficient (Wildman–Crippen LogP) is 1.03. The van der Waals surface area contributed by atoms with E-state index < -0.39 is 0 Å². The van der Waals surface area contributed by atoms with Crippen molar-refractivity contribution in [1.29, 1.82) is 0 Å². The maximum absolute atomic E-state index is 4.08. The van der Waals surface area contributed by atoms with Crippen LogP contribution in [0.1, 0.15) is 24.7 Å². The number of hydrogen-bond acceptors (Lipinski definition) is 3. The lowest BCUT2D eigenvalue weighted by Gasteiger charge is -2.10. The van der Waals surface area contributed by atoms with E-state index in [1.165, 1.54) is 6.33 Å². The molecule has 0 aliphatic heterocycles. The molecule has 0 amide bonds. The van der Waals surface area contributed by atoms with Crippen LogP contribution >= 0.6 is 0 Å². The fourth-order valence-corrected chi connectivity index (χ4v) is 1.09. The number of allylic oxidation sites excluding steroid dienone is 1. The highest BCUT2D eigenvalue weighted by Crippen LogP contribution is 2.12. The molecule has 4 nitrogen and oxygen atoms in total. The SMILES string of the molecule is C=CCCC(NC)c1ncn[nH]1. The second-order valence-corrected chi connectivity index (χ2v) is 2.58. The Morgan fingerprint density at radius 3 is 3.17 bits per heavy atom. The summed E-state index contributed by atoms with van der Waals surface area (Å²) in [4.78, 5) is 4.08. The summed E-state index contributed by atoms with van der Waals surface area (Å²) in [6.07, 6.45) is 5.40. The Labute approximate surface area is 72.1 Å². The third-order valence-corrected chi connectivity index (χ3v) is 1.77. The van der Waals surface area contributed by atoms with E-state index in [9.17, 15) is 0 Å². The van der Waals surface area contributed by atoms with Gasteiger partial charge in [-0.3, -0.25) is 5.10 Å². The molecule has 0 saturated carbocycles. The van der Waals surface area contributed by atoms with Crippen molar-refractivity contribution in [3.8, 4) is 0 Å². The van der Waals surface area contributed by atoms with Crippen LogP contribution in [0.3, 0.4) is 0 Å². The Balaban J connectivity index is 2.51. The molecule has 1 aromatic heterocycles. The topological polar surface area (TPSA) is 53.6 Å². The third-order valence-electron chi connectivity index (χ3n) is 1.77. The van der Waals surface area contributed by atoms with Gasteiger partial charge in [0, 0.05) is 0 Å². The minimum absolute atomic E-state index is 0.255. The summed E-state index contributed by atoms with van der Waals surface area (Å²) < 4.78 is 0. The number of nitrogens with zero attached hydrogens (tertiary/aromatic N) is 2. The molecule has 0 fully saturated rings. The molecule has 1 unspecified atom stereocenters. The summed E-state index contributed by atoms with van der Waals surface area (Å²) in [7, 11) is 1.91. The molecule has 0 spiro atoms. The highest BCUT2D eigenvalue weighted by molar-refractivity contribution is 4.91. The highest BCUT2D eigenvalue weighted by atomic mass is 15.2. The van der Waals surface area contributed by atoms with Gasteiger partial charge in [0.2, 0.25) is 0 Å². The molecule has 4 heteroatoms. The largest absolute Gasteiger partial charge is 0.310 e. The molecule has 0 bridgehead atoms. The predicted molar refractivity (Wildman–Crippen MR) is 47.6 cm³/mol. The van der Waals surface area contributed by atoms with Crippen LogP contribution in [0.4, 0.5) is 0 Å². The summed E-state index contributed by atoms with van der Waals surface area (Å²) >= 11 is 0. The van der Waals surface area contributed by atoms with Crippen LogP contribution in [0.5, 0.6) is 0 Å². The van der Waals surface area contributed by atoms with Crippen LogP contribution < -0.4 is 5.32 Å². The molecule has 0 saturated heterocycles. The van der Waals surface area contributed by atoms with E-state index in [-0.39, 0.29) is 6.04 Å². The molecule has 0 radical (unpaired) electrons. The van der Waals surface area contributed by atoms with Crippen molar-refractivity contribution in [1.82, 2.24) is 20.5 Å². The van der Waals surface area contributed by atoms with Crippen LogP contribution in [-0.2, 0) is 0 Å². The minimum atomic E-state index is 0.255. The van der Waals surface area contributed by atoms with Crippen LogP contribution in [0.15, 0.2) is 19.0 Å². The van der Waals surface area contributed by atoms with Crippen molar-refractivity contribution < 1.29 is 0 Å². The summed E-state index contributed by atoms with van der Waals surface area (Å²) in [5.41, 5.74) is 0. The Morgan fingerprint density at radius 2 is 2.67 bits per heavy atom. The standard InChI is InChI=1S/C8H14N4/c1-3-4-5-7(9-2)8-10-6-11-12-8/h3,6-7,9H,1,4-5H2,2H3,(H,10,11,12). The summed E-state index contributed by atoms with van der Waals surface area (Å²) in [5, 5.41) is 9.79. The number of rotatable bonds is 5. The first-order valence-corrected chi connectivity index (χ1v) is 4.02. The fraction of sp³-hybridized carbons (Fsp3) is 0.500. The van der Waals surface area contributed by atoms with Crippen molar-refractivity contribution in [2.24, 2.45) is 0 Å². The maximum atomic E-state index is 4.08. The van der Waals surface area contributed by atoms with E-state index in [4.69, 9.17) is 0 Å². The van der Waals surface area contributed by atoms with E-state index >= 15 is 0 Å². The molecule has 1 aromatic rings. The quantitative estimate of drug-likeness (QED) is 0.642. The van der Waals surface area contributed by atoms with Gasteiger partial charge in [0.25, 0.3) is 0 Å². The van der Waals surface area contributed by atoms with E-state index in [0.29, 0.717) is 0 Å². The minimum Gasteiger partial charge on any atom is -0.310 e. The smallest absolute Gasteiger partial charge is 0.141 e. The second-order valence-electron chi connectivity index (χ2n) is 2.58. The van der Waals surface area contributed by atoms with Crippen molar-refractivity contribution in [2.75, 3.05) is 7.05 Å². The summed E-state index contributed by atoms with van der Waals surface area (Å²) in [6.45, 7) is 3.67. The van der Waals surface area contributed by atoms with Crippen molar-refractivity contribution in [2.45, 2.75) is 18.9 Å². The van der Waals surface area contributed by atoms with Gasteiger partial charge in [-0.25, -0.2) is 4.98 Å². The molecule has 0 aliphatic carbocycles. The van der Waals surface area contributed by atoms with Gasteiger partial charge in [-0.15, -0.1) is 6.58 Å². The number of nitrogens with one attached hydrogen (secondary N) is 2. The first kappa shape index (κ1) is 8.93. The number of H-pyrrole nitrogens is 1. The second kappa shape index (κ2) is 4.66. The van der Waals surface area contributed by atoms with E-state index in [1.807, 2.05) is 13.1 Å². The summed E-state index contributed by atoms with van der Waals surface area (Å²) in [5.74, 6) is 0.888. The van der Waals surface area contributed by atoms with Gasteiger partial charge < -0.3 is 5.32 Å². The Morgan fingerprint density at radius 1 is 1.83 bits per heavy atom. The van der Waals surface area contributed by atoms with Gasteiger partial charge in [0.05, 0.1) is 6.04 Å². The number of aromatic nitrogens is 3. The monoisotopic (exact) mass is 166 g/mol. The molecule has 0 aliphatic rings. The first-order chi connectivity index (χ1) is 5.88. The Hall–Kier alpha value is -1.16. The summed E-state index contributed by atoms with van der Waals surface area (Å²) in [6, 6.07) is 0.255. The third kappa shape index (κ3) is 2.17. The van der Waals surface area contributed by atoms with Crippen LogP contribution in [0, 0.1) is 0 Å². The lowest BCUT2D eigenvalue weighted by Crippen LogP contribution is -2.17. The van der Waals surface area contributed by atoms with Gasteiger partial charge in [-0.2, -0.15) is 5.10 Å². The Bertz CT molecular complexity index is 217. The number of hydrogen-bond donors (Lipinski definition) is 2. The fourth-order valence-electron chi connectivity index (χ4n) is 1.09. The zero-order chi connectivity index (χ0) is 8.81. The molecule has 1 rings (SSSR count). The molecule has 66 valence electrons. The van der Waals surface area contributed by atoms with Crippen LogP contribution in [-0.4, -0.2) is 22.2 Å². The molecular formula is C8H14N4. The molecular weight excluding hydrogens is 152 g/mol. The van der Waals surface area contributed by atoms with Crippen molar-refractivity contribution in [3.63, 3.8) is 0 Å². The maximum Gasteiger partial charge on any atom is 0.141 e. The van der Waals surface area contributed by atoms with E-state index in [0.717, 1.165) is 18.7 Å². The lowest BCUT2D eigenvalue weighted by molar-refractivity contribution is 0.527. The normalized spacial score (nSPS) is 12.8. The average Bonchev–Trinajstić information content (AvgIpc) is 2.59. The molecule has 12 heavy (non-hydrogen) atoms. The Kier molecular flexibility index (Phi) is 3.47. The molecule has 1 heterocycles. The first-order valence-electron chi connectivity index (χ1n) is 4.02. The molecule has 1 atom stereocenters. The van der Waals surface area contributed by atoms with Gasteiger partial charge in [-0.1, -0.05) is 6.08 Å². The van der Waals surface area contributed by atoms with Gasteiger partial charge in [0.1, 0.15) is 12.2 Å². The van der Waals surface area contributed by atoms with Crippen molar-refractivity contribution in [3.05, 3.63) is 24.8 Å². The molecule has 2 N–H and O–H groups in total. The zero-order valence-electron chi connectivity index (χ0n) is 7.25. The van der Waals surface area contributed by atoms with E-state index in [2.05, 4.69) is 27.1 Å². The van der Waals surface area contributed by atoms with Gasteiger partial charge in [-0.05, 0) is 19.9 Å². The van der Waals surface area contributed by atoms with Crippen LogP contribution in [0.25, 0.3) is 0 Å². The van der Waals surface area contributed by atoms with Crippen molar-refractivity contribution >= 4 is 0 Å². The van der Waals surface area contributed by atoms with Gasteiger partial charge in [0.15, 0.2) is 0 Å². The lowest BCUT2D eigenvalue weighted by atomic mass is 10.1. The number of aromatic amines is 1. The zero-order valence-corrected chi connectivity index (χ0v) is 7.25. The average molecular weight is 166 g/mol. The van der Waals surface area contributed by atoms with Gasteiger partial charge >= 0.3 is 0 Å². The highest BCUT2D eigenvalue weighted by Gasteiger charge is 2.09. The van der Waals surface area contributed by atoms with Crippen LogP contribution in [0.2, 0.25) is 0 Å².